The van der Waals surface area contributed by atoms with Crippen LogP contribution in [0.2, 0.25) is 0 Å². The molecule has 2 aliphatic carbocycles. The van der Waals surface area contributed by atoms with Crippen LogP contribution < -0.4 is 10.9 Å². The number of hydrogen-bond donors (Lipinski definition) is 1. The number of fused-ring (bicyclic) bond motifs is 3. The molecule has 29 heavy (non-hydrogen) atoms. The van der Waals surface area contributed by atoms with E-state index >= 15 is 0 Å². The molecule has 1 amide bonds. The van der Waals surface area contributed by atoms with E-state index in [0.717, 1.165) is 18.3 Å². The molecule has 0 radical (unpaired) electrons. The van der Waals surface area contributed by atoms with E-state index < -0.39 is 0 Å². The van der Waals surface area contributed by atoms with Crippen LogP contribution >= 0.6 is 11.8 Å². The first-order chi connectivity index (χ1) is 14.0. The van der Waals surface area contributed by atoms with Crippen LogP contribution in [0.5, 0.6) is 0 Å². The van der Waals surface area contributed by atoms with E-state index in [0.29, 0.717) is 28.5 Å². The molecular formula is C23H31N3O2S. The van der Waals surface area contributed by atoms with Crippen LogP contribution in [0, 0.1) is 17.8 Å². The van der Waals surface area contributed by atoms with Crippen LogP contribution in [0.3, 0.4) is 0 Å². The summed E-state index contributed by atoms with van der Waals surface area (Å²) in [6, 6.07) is 7.64. The van der Waals surface area contributed by atoms with Crippen LogP contribution in [0.1, 0.15) is 52.9 Å². The summed E-state index contributed by atoms with van der Waals surface area (Å²) < 4.78 is 1.72. The van der Waals surface area contributed by atoms with Crippen molar-refractivity contribution >= 4 is 28.6 Å². The van der Waals surface area contributed by atoms with E-state index in [4.69, 9.17) is 4.98 Å². The molecule has 1 aromatic carbocycles. The lowest BCUT2D eigenvalue weighted by Crippen LogP contribution is -2.43. The predicted octanol–water partition coefficient (Wildman–Crippen LogP) is 4.23. The minimum absolute atomic E-state index is 0.0251. The topological polar surface area (TPSA) is 64.0 Å². The first-order valence-corrected chi connectivity index (χ1v) is 11.8. The molecule has 1 aromatic heterocycles. The Morgan fingerprint density at radius 1 is 1.28 bits per heavy atom. The smallest absolute Gasteiger partial charge is 0.262 e. The van der Waals surface area contributed by atoms with Crippen molar-refractivity contribution in [1.29, 1.82) is 0 Å². The Labute approximate surface area is 176 Å². The lowest BCUT2D eigenvalue weighted by Gasteiger charge is -2.29. The average Bonchev–Trinajstić information content (AvgIpc) is 3.34. The second-order valence-electron chi connectivity index (χ2n) is 8.76. The summed E-state index contributed by atoms with van der Waals surface area (Å²) in [6.45, 7) is 6.71. The van der Waals surface area contributed by atoms with Crippen LogP contribution in [-0.4, -0.2) is 26.8 Å². The van der Waals surface area contributed by atoms with Gasteiger partial charge in [-0.1, -0.05) is 37.2 Å². The second-order valence-corrected chi connectivity index (χ2v) is 10.1. The molecule has 5 unspecified atom stereocenters. The highest BCUT2D eigenvalue weighted by Gasteiger charge is 2.42. The Kier molecular flexibility index (Phi) is 6.00. The normalized spacial score (nSPS) is 25.3. The summed E-state index contributed by atoms with van der Waals surface area (Å²) in [5, 5.41) is 4.22. The Morgan fingerprint density at radius 3 is 2.76 bits per heavy atom. The van der Waals surface area contributed by atoms with Gasteiger partial charge in [-0.05, 0) is 69.4 Å². The molecule has 2 fully saturated rings. The Bertz CT molecular complexity index is 957. The Hall–Kier alpha value is -1.82. The molecule has 1 N–H and O–H groups in total. The van der Waals surface area contributed by atoms with E-state index in [1.807, 2.05) is 38.1 Å². The van der Waals surface area contributed by atoms with Gasteiger partial charge in [0.1, 0.15) is 0 Å². The van der Waals surface area contributed by atoms with E-state index in [1.54, 1.807) is 4.57 Å². The number of carbonyl (C=O) groups is 1. The minimum Gasteiger partial charge on any atom is -0.352 e. The van der Waals surface area contributed by atoms with Gasteiger partial charge in [0.05, 0.1) is 16.2 Å². The molecule has 1 heterocycles. The third-order valence-corrected chi connectivity index (χ3v) is 7.82. The van der Waals surface area contributed by atoms with Crippen molar-refractivity contribution < 1.29 is 4.79 Å². The molecule has 0 saturated heterocycles. The highest BCUT2D eigenvalue weighted by atomic mass is 32.2. The van der Waals surface area contributed by atoms with Gasteiger partial charge >= 0.3 is 0 Å². The molecule has 5 nitrogen and oxygen atoms in total. The fraction of sp³-hybridized carbons (Fsp3) is 0.609. The number of thioether (sulfide) groups is 1. The zero-order valence-corrected chi connectivity index (χ0v) is 18.4. The lowest BCUT2D eigenvalue weighted by atomic mass is 9.84. The van der Waals surface area contributed by atoms with E-state index in [2.05, 4.69) is 12.2 Å². The summed E-state index contributed by atoms with van der Waals surface area (Å²) in [4.78, 5) is 30.5. The van der Waals surface area contributed by atoms with Gasteiger partial charge in [0.15, 0.2) is 5.16 Å². The molecule has 5 atom stereocenters. The number of aromatic nitrogens is 2. The summed E-state index contributed by atoms with van der Waals surface area (Å²) >= 11 is 1.39. The van der Waals surface area contributed by atoms with Crippen LogP contribution in [-0.2, 0) is 11.3 Å². The van der Waals surface area contributed by atoms with E-state index in [1.165, 1.54) is 37.4 Å². The molecule has 2 aromatic rings. The summed E-state index contributed by atoms with van der Waals surface area (Å²) in [7, 11) is 0. The van der Waals surface area contributed by atoms with Crippen molar-refractivity contribution in [1.82, 2.24) is 14.9 Å². The van der Waals surface area contributed by atoms with Crippen molar-refractivity contribution in [2.75, 3.05) is 0 Å². The minimum atomic E-state index is -0.299. The number of amides is 1. The Balaban J connectivity index is 1.49. The number of benzene rings is 1. The van der Waals surface area contributed by atoms with E-state index in [9.17, 15) is 9.59 Å². The van der Waals surface area contributed by atoms with Gasteiger partial charge in [-0.2, -0.15) is 0 Å². The van der Waals surface area contributed by atoms with Gasteiger partial charge in [-0.15, -0.1) is 0 Å². The van der Waals surface area contributed by atoms with Crippen molar-refractivity contribution in [2.45, 2.75) is 75.9 Å². The third-order valence-electron chi connectivity index (χ3n) is 6.73. The van der Waals surface area contributed by atoms with Crippen molar-refractivity contribution in [3.05, 3.63) is 34.6 Å². The van der Waals surface area contributed by atoms with Crippen LogP contribution in [0.25, 0.3) is 10.9 Å². The number of nitrogens with zero attached hydrogens (tertiary/aromatic N) is 2. The summed E-state index contributed by atoms with van der Waals surface area (Å²) in [5.41, 5.74) is 0.665. The summed E-state index contributed by atoms with van der Waals surface area (Å²) in [6.07, 6.45) is 6.14. The van der Waals surface area contributed by atoms with Gasteiger partial charge in [-0.25, -0.2) is 4.98 Å². The molecular weight excluding hydrogens is 382 g/mol. The number of nitrogens with one attached hydrogen (secondary N) is 1. The quantitative estimate of drug-likeness (QED) is 0.545. The van der Waals surface area contributed by atoms with Gasteiger partial charge in [0.25, 0.3) is 5.56 Å². The molecule has 6 heteroatoms. The molecule has 156 valence electrons. The van der Waals surface area contributed by atoms with Gasteiger partial charge in [0.2, 0.25) is 5.91 Å². The average molecular weight is 414 g/mol. The van der Waals surface area contributed by atoms with Crippen molar-refractivity contribution in [3.8, 4) is 0 Å². The molecule has 2 bridgehead atoms. The second kappa shape index (κ2) is 8.50. The molecule has 0 aliphatic heterocycles. The SMILES string of the molecule is CCCn1c(SC(C)C(=O)NC(C)C2CC3CCC2C3)nc2ccccc2c1=O. The van der Waals surface area contributed by atoms with Crippen LogP contribution in [0.4, 0.5) is 0 Å². The fourth-order valence-electron chi connectivity index (χ4n) is 5.23. The zero-order chi connectivity index (χ0) is 20.5. The highest BCUT2D eigenvalue weighted by molar-refractivity contribution is 8.00. The summed E-state index contributed by atoms with van der Waals surface area (Å²) in [5.74, 6) is 2.32. The predicted molar refractivity (Wildman–Crippen MR) is 118 cm³/mol. The maximum Gasteiger partial charge on any atom is 0.262 e. The van der Waals surface area contributed by atoms with Crippen LogP contribution in [0.15, 0.2) is 34.2 Å². The van der Waals surface area contributed by atoms with E-state index in [-0.39, 0.29) is 22.8 Å². The lowest BCUT2D eigenvalue weighted by molar-refractivity contribution is -0.121. The molecule has 4 rings (SSSR count). The van der Waals surface area contributed by atoms with Crippen molar-refractivity contribution in [3.63, 3.8) is 0 Å². The van der Waals surface area contributed by atoms with Gasteiger partial charge < -0.3 is 5.32 Å². The molecule has 0 spiro atoms. The first-order valence-electron chi connectivity index (χ1n) is 10.9. The van der Waals surface area contributed by atoms with Crippen molar-refractivity contribution in [2.24, 2.45) is 17.8 Å². The number of para-hydroxylation sites is 1. The molecule has 2 aliphatic rings. The number of carbonyl (C=O) groups excluding carboxylic acids is 1. The zero-order valence-electron chi connectivity index (χ0n) is 17.6. The molecule has 2 saturated carbocycles. The number of hydrogen-bond acceptors (Lipinski definition) is 4. The third kappa shape index (κ3) is 4.09. The Morgan fingerprint density at radius 2 is 2.07 bits per heavy atom. The fourth-order valence-corrected chi connectivity index (χ4v) is 6.17. The maximum atomic E-state index is 12.9. The van der Waals surface area contributed by atoms with Gasteiger partial charge in [0, 0.05) is 12.6 Å². The maximum absolute atomic E-state index is 12.9. The first kappa shape index (κ1) is 20.5. The van der Waals surface area contributed by atoms with Gasteiger partial charge in [-0.3, -0.25) is 14.2 Å². The largest absolute Gasteiger partial charge is 0.352 e. The standard InChI is InChI=1S/C23H31N3O2S/c1-4-11-26-22(28)18-7-5-6-8-20(18)25-23(26)29-15(3)21(27)24-14(2)19-13-16-9-10-17(19)12-16/h5-8,14-17,19H,4,9-13H2,1-3H3,(H,24,27). The number of rotatable bonds is 7. The highest BCUT2D eigenvalue weighted by Crippen LogP contribution is 2.49. The monoisotopic (exact) mass is 413 g/mol.